The van der Waals surface area contributed by atoms with Crippen molar-refractivity contribution in [1.82, 2.24) is 0 Å². The fourth-order valence-corrected chi connectivity index (χ4v) is 1.94. The number of carbonyl (C=O) groups excluding carboxylic acids is 2. The average Bonchev–Trinajstić information content (AvgIpc) is 2.49. The Morgan fingerprint density at radius 1 is 1.05 bits per heavy atom. The first-order valence-electron chi connectivity index (χ1n) is 6.75. The lowest BCUT2D eigenvalue weighted by molar-refractivity contribution is -0.119. The van der Waals surface area contributed by atoms with Gasteiger partial charge in [-0.15, -0.1) is 0 Å². The van der Waals surface area contributed by atoms with Crippen LogP contribution in [0.2, 0.25) is 5.02 Å². The van der Waals surface area contributed by atoms with Crippen molar-refractivity contribution < 1.29 is 14.3 Å². The molecule has 2 aromatic carbocycles. The van der Waals surface area contributed by atoms with Crippen molar-refractivity contribution in [3.63, 3.8) is 0 Å². The largest absolute Gasteiger partial charge is 0.452 e. The van der Waals surface area contributed by atoms with Crippen molar-refractivity contribution in [1.29, 1.82) is 0 Å². The van der Waals surface area contributed by atoms with Crippen molar-refractivity contribution in [2.45, 2.75) is 13.8 Å². The second-order valence-electron chi connectivity index (χ2n) is 4.93. The molecule has 1 amide bonds. The monoisotopic (exact) mass is 317 g/mol. The second kappa shape index (κ2) is 7.09. The smallest absolute Gasteiger partial charge is 0.338 e. The molecular weight excluding hydrogens is 302 g/mol. The summed E-state index contributed by atoms with van der Waals surface area (Å²) >= 11 is 5.74. The van der Waals surface area contributed by atoms with E-state index in [1.54, 1.807) is 30.3 Å². The number of halogens is 1. The summed E-state index contributed by atoms with van der Waals surface area (Å²) in [6, 6.07) is 11.9. The number of aryl methyl sites for hydroxylation is 2. The summed E-state index contributed by atoms with van der Waals surface area (Å²) in [7, 11) is 0. The summed E-state index contributed by atoms with van der Waals surface area (Å²) in [6.07, 6.45) is 0. The van der Waals surface area contributed by atoms with Gasteiger partial charge in [-0.1, -0.05) is 17.7 Å². The Morgan fingerprint density at radius 2 is 1.73 bits per heavy atom. The maximum Gasteiger partial charge on any atom is 0.338 e. The topological polar surface area (TPSA) is 55.4 Å². The molecule has 5 heteroatoms. The van der Waals surface area contributed by atoms with Gasteiger partial charge in [-0.05, 0) is 61.4 Å². The Morgan fingerprint density at radius 3 is 2.36 bits per heavy atom. The van der Waals surface area contributed by atoms with Gasteiger partial charge < -0.3 is 10.1 Å². The molecule has 0 bridgehead atoms. The third-order valence-corrected chi connectivity index (χ3v) is 3.46. The number of benzene rings is 2. The number of carbonyl (C=O) groups is 2. The summed E-state index contributed by atoms with van der Waals surface area (Å²) in [5.74, 6) is -0.947. The minimum Gasteiger partial charge on any atom is -0.452 e. The van der Waals surface area contributed by atoms with E-state index in [2.05, 4.69) is 5.32 Å². The van der Waals surface area contributed by atoms with Crippen LogP contribution < -0.4 is 5.32 Å². The second-order valence-corrected chi connectivity index (χ2v) is 5.37. The van der Waals surface area contributed by atoms with Crippen molar-refractivity contribution in [2.24, 2.45) is 0 Å². The van der Waals surface area contributed by atoms with E-state index in [4.69, 9.17) is 16.3 Å². The van der Waals surface area contributed by atoms with Crippen LogP contribution in [0.3, 0.4) is 0 Å². The fraction of sp³-hybridized carbons (Fsp3) is 0.176. The summed E-state index contributed by atoms with van der Waals surface area (Å²) < 4.78 is 4.96. The Bertz CT molecular complexity index is 696. The summed E-state index contributed by atoms with van der Waals surface area (Å²) in [5.41, 5.74) is 3.25. The Labute approximate surface area is 134 Å². The van der Waals surface area contributed by atoms with Crippen molar-refractivity contribution in [3.05, 3.63) is 64.2 Å². The lowest BCUT2D eigenvalue weighted by Crippen LogP contribution is -2.21. The van der Waals surface area contributed by atoms with Gasteiger partial charge in [0, 0.05) is 10.7 Å². The molecule has 0 unspecified atom stereocenters. The number of ether oxygens (including phenoxy) is 1. The van der Waals surface area contributed by atoms with Gasteiger partial charge in [-0.3, -0.25) is 4.79 Å². The molecule has 1 N–H and O–H groups in total. The minimum absolute atomic E-state index is 0.339. The SMILES string of the molecule is Cc1ccc(NC(=O)COC(=O)c2ccc(Cl)cc2)cc1C. The molecule has 22 heavy (non-hydrogen) atoms. The van der Waals surface area contributed by atoms with Crippen molar-refractivity contribution >= 4 is 29.2 Å². The van der Waals surface area contributed by atoms with E-state index in [1.165, 1.54) is 0 Å². The zero-order valence-electron chi connectivity index (χ0n) is 12.4. The van der Waals surface area contributed by atoms with Gasteiger partial charge in [0.2, 0.25) is 0 Å². The van der Waals surface area contributed by atoms with Crippen LogP contribution in [0.15, 0.2) is 42.5 Å². The van der Waals surface area contributed by atoms with Gasteiger partial charge in [-0.25, -0.2) is 4.79 Å². The quantitative estimate of drug-likeness (QED) is 0.874. The van der Waals surface area contributed by atoms with Crippen LogP contribution >= 0.6 is 11.6 Å². The number of hydrogen-bond acceptors (Lipinski definition) is 3. The van der Waals surface area contributed by atoms with E-state index < -0.39 is 5.97 Å². The third kappa shape index (κ3) is 4.33. The van der Waals surface area contributed by atoms with Gasteiger partial charge >= 0.3 is 5.97 Å². The standard InChI is InChI=1S/C17H16ClNO3/c1-11-3-8-15(9-12(11)2)19-16(20)10-22-17(21)13-4-6-14(18)7-5-13/h3-9H,10H2,1-2H3,(H,19,20). The van der Waals surface area contributed by atoms with Gasteiger partial charge in [0.05, 0.1) is 5.56 Å². The summed E-state index contributed by atoms with van der Waals surface area (Å²) in [4.78, 5) is 23.6. The van der Waals surface area contributed by atoms with E-state index in [9.17, 15) is 9.59 Å². The van der Waals surface area contributed by atoms with Gasteiger partial charge in [0.1, 0.15) is 0 Å². The van der Waals surface area contributed by atoms with Crippen LogP contribution in [-0.2, 0) is 9.53 Å². The summed E-state index contributed by atoms with van der Waals surface area (Å²) in [6.45, 7) is 3.62. The van der Waals surface area contributed by atoms with E-state index >= 15 is 0 Å². The molecule has 0 aromatic heterocycles. The molecule has 0 radical (unpaired) electrons. The molecule has 0 aliphatic carbocycles. The van der Waals surface area contributed by atoms with E-state index in [0.29, 0.717) is 16.3 Å². The van der Waals surface area contributed by atoms with Gasteiger partial charge in [0.25, 0.3) is 5.91 Å². The van der Waals surface area contributed by atoms with Crippen LogP contribution in [-0.4, -0.2) is 18.5 Å². The number of amides is 1. The number of nitrogens with one attached hydrogen (secondary N) is 1. The first kappa shape index (κ1) is 16.0. The van der Waals surface area contributed by atoms with Crippen LogP contribution in [0.4, 0.5) is 5.69 Å². The first-order chi connectivity index (χ1) is 10.5. The predicted molar refractivity (Wildman–Crippen MR) is 86.3 cm³/mol. The van der Waals surface area contributed by atoms with Gasteiger partial charge in [0.15, 0.2) is 6.61 Å². The Balaban J connectivity index is 1.88. The first-order valence-corrected chi connectivity index (χ1v) is 7.13. The number of hydrogen-bond donors (Lipinski definition) is 1. The highest BCUT2D eigenvalue weighted by atomic mass is 35.5. The van der Waals surface area contributed by atoms with Crippen molar-refractivity contribution in [2.75, 3.05) is 11.9 Å². The fourth-order valence-electron chi connectivity index (χ4n) is 1.82. The molecule has 0 heterocycles. The van der Waals surface area contributed by atoms with Crippen LogP contribution in [0, 0.1) is 13.8 Å². The van der Waals surface area contributed by atoms with Gasteiger partial charge in [-0.2, -0.15) is 0 Å². The molecule has 0 aliphatic rings. The molecule has 0 saturated heterocycles. The molecule has 114 valence electrons. The normalized spacial score (nSPS) is 10.1. The predicted octanol–water partition coefficient (Wildman–Crippen LogP) is 3.75. The van der Waals surface area contributed by atoms with Crippen LogP contribution in [0.5, 0.6) is 0 Å². The number of anilines is 1. The van der Waals surface area contributed by atoms with E-state index in [0.717, 1.165) is 11.1 Å². The Kier molecular flexibility index (Phi) is 5.17. The average molecular weight is 318 g/mol. The molecule has 0 fully saturated rings. The molecule has 2 aromatic rings. The molecule has 0 saturated carbocycles. The van der Waals surface area contributed by atoms with E-state index in [1.807, 2.05) is 26.0 Å². The molecule has 0 spiro atoms. The highest BCUT2D eigenvalue weighted by Crippen LogP contribution is 2.14. The third-order valence-electron chi connectivity index (χ3n) is 3.20. The minimum atomic E-state index is -0.563. The molecular formula is C17H16ClNO3. The van der Waals surface area contributed by atoms with Crippen LogP contribution in [0.1, 0.15) is 21.5 Å². The number of rotatable bonds is 4. The lowest BCUT2D eigenvalue weighted by Gasteiger charge is -2.08. The summed E-state index contributed by atoms with van der Waals surface area (Å²) in [5, 5.41) is 3.22. The zero-order chi connectivity index (χ0) is 16.1. The maximum absolute atomic E-state index is 11.8. The van der Waals surface area contributed by atoms with Crippen LogP contribution in [0.25, 0.3) is 0 Å². The molecule has 4 nitrogen and oxygen atoms in total. The molecule has 0 aliphatic heterocycles. The lowest BCUT2D eigenvalue weighted by atomic mass is 10.1. The highest BCUT2D eigenvalue weighted by molar-refractivity contribution is 6.30. The zero-order valence-corrected chi connectivity index (χ0v) is 13.1. The van der Waals surface area contributed by atoms with Crippen molar-refractivity contribution in [3.8, 4) is 0 Å². The molecule has 0 atom stereocenters. The number of esters is 1. The molecule has 2 rings (SSSR count). The Hall–Kier alpha value is -2.33. The maximum atomic E-state index is 11.8. The van der Waals surface area contributed by atoms with E-state index in [-0.39, 0.29) is 12.5 Å². The highest BCUT2D eigenvalue weighted by Gasteiger charge is 2.10.